The van der Waals surface area contributed by atoms with Gasteiger partial charge in [-0.15, -0.1) is 0 Å². The van der Waals surface area contributed by atoms with E-state index in [4.69, 9.17) is 5.73 Å². The fraction of sp³-hybridized carbons (Fsp3) is 0.0909. The highest BCUT2D eigenvalue weighted by Crippen LogP contribution is 2.24. The predicted octanol–water partition coefficient (Wildman–Crippen LogP) is 2.43. The van der Waals surface area contributed by atoms with Crippen molar-refractivity contribution in [2.75, 3.05) is 11.1 Å². The molecular weight excluding hydrogens is 241 g/mol. The van der Waals surface area contributed by atoms with E-state index >= 15 is 0 Å². The van der Waals surface area contributed by atoms with Gasteiger partial charge in [0.05, 0.1) is 5.69 Å². The van der Waals surface area contributed by atoms with Crippen molar-refractivity contribution in [1.29, 1.82) is 0 Å². The van der Waals surface area contributed by atoms with Gasteiger partial charge in [-0.1, -0.05) is 11.3 Å². The molecule has 2 rings (SSSR count). The number of benzene rings is 1. The standard InChI is InChI=1S/C11H10FN3OS/c1-6-9(13)17-11(14-6)15-10(16)7-2-4-8(12)5-3-7/h2-5H,13H2,1H3,(H,14,15,16). The van der Waals surface area contributed by atoms with Gasteiger partial charge in [-0.3, -0.25) is 10.1 Å². The van der Waals surface area contributed by atoms with Gasteiger partial charge in [-0.25, -0.2) is 9.37 Å². The monoisotopic (exact) mass is 251 g/mol. The van der Waals surface area contributed by atoms with Gasteiger partial charge in [0, 0.05) is 5.56 Å². The van der Waals surface area contributed by atoms with Crippen LogP contribution in [-0.4, -0.2) is 10.9 Å². The molecule has 0 bridgehead atoms. The number of aromatic nitrogens is 1. The second kappa shape index (κ2) is 4.50. The molecule has 0 spiro atoms. The van der Waals surface area contributed by atoms with Crippen LogP contribution < -0.4 is 11.1 Å². The van der Waals surface area contributed by atoms with E-state index in [0.717, 1.165) is 0 Å². The van der Waals surface area contributed by atoms with Gasteiger partial charge >= 0.3 is 0 Å². The fourth-order valence-corrected chi connectivity index (χ4v) is 1.96. The minimum absolute atomic E-state index is 0.334. The van der Waals surface area contributed by atoms with E-state index in [1.54, 1.807) is 6.92 Å². The Morgan fingerprint density at radius 3 is 2.59 bits per heavy atom. The maximum Gasteiger partial charge on any atom is 0.257 e. The number of nitrogens with one attached hydrogen (secondary N) is 1. The molecule has 88 valence electrons. The van der Waals surface area contributed by atoms with Gasteiger partial charge in [0.15, 0.2) is 5.13 Å². The smallest absolute Gasteiger partial charge is 0.257 e. The Hall–Kier alpha value is -1.95. The molecular formula is C11H10FN3OS. The molecule has 2 aromatic rings. The molecule has 17 heavy (non-hydrogen) atoms. The number of carbonyl (C=O) groups is 1. The summed E-state index contributed by atoms with van der Waals surface area (Å²) < 4.78 is 12.7. The van der Waals surface area contributed by atoms with Crippen molar-refractivity contribution in [2.24, 2.45) is 0 Å². The van der Waals surface area contributed by atoms with Gasteiger partial charge in [0.25, 0.3) is 5.91 Å². The molecule has 0 aliphatic heterocycles. The number of hydrogen-bond acceptors (Lipinski definition) is 4. The Morgan fingerprint density at radius 1 is 1.41 bits per heavy atom. The molecule has 1 aromatic heterocycles. The Morgan fingerprint density at radius 2 is 2.06 bits per heavy atom. The highest BCUT2D eigenvalue weighted by molar-refractivity contribution is 7.19. The normalized spacial score (nSPS) is 10.2. The number of aryl methyl sites for hydroxylation is 1. The SMILES string of the molecule is Cc1nc(NC(=O)c2ccc(F)cc2)sc1N. The number of rotatable bonds is 2. The maximum atomic E-state index is 12.7. The van der Waals surface area contributed by atoms with Gasteiger partial charge in [-0.2, -0.15) is 0 Å². The van der Waals surface area contributed by atoms with E-state index in [9.17, 15) is 9.18 Å². The summed E-state index contributed by atoms with van der Waals surface area (Å²) in [5.74, 6) is -0.713. The minimum Gasteiger partial charge on any atom is -0.389 e. The van der Waals surface area contributed by atoms with E-state index in [2.05, 4.69) is 10.3 Å². The third-order valence-electron chi connectivity index (χ3n) is 2.16. The van der Waals surface area contributed by atoms with Crippen LogP contribution in [0.15, 0.2) is 24.3 Å². The van der Waals surface area contributed by atoms with Crippen LogP contribution in [0.3, 0.4) is 0 Å². The predicted molar refractivity (Wildman–Crippen MR) is 65.6 cm³/mol. The van der Waals surface area contributed by atoms with E-state index in [0.29, 0.717) is 21.4 Å². The lowest BCUT2D eigenvalue weighted by Crippen LogP contribution is -2.11. The topological polar surface area (TPSA) is 68.0 Å². The highest BCUT2D eigenvalue weighted by atomic mass is 32.1. The molecule has 1 heterocycles. The summed E-state index contributed by atoms with van der Waals surface area (Å²) in [4.78, 5) is 15.8. The van der Waals surface area contributed by atoms with Crippen LogP contribution in [0.1, 0.15) is 16.1 Å². The molecule has 0 radical (unpaired) electrons. The third kappa shape index (κ3) is 2.59. The average Bonchev–Trinajstić information content (AvgIpc) is 2.58. The molecule has 0 atom stereocenters. The van der Waals surface area contributed by atoms with Crippen molar-refractivity contribution in [3.8, 4) is 0 Å². The van der Waals surface area contributed by atoms with E-state index in [1.165, 1.54) is 35.6 Å². The van der Waals surface area contributed by atoms with Crippen LogP contribution in [0.5, 0.6) is 0 Å². The van der Waals surface area contributed by atoms with E-state index in [1.807, 2.05) is 0 Å². The van der Waals surface area contributed by atoms with Crippen LogP contribution >= 0.6 is 11.3 Å². The van der Waals surface area contributed by atoms with Crippen molar-refractivity contribution in [3.63, 3.8) is 0 Å². The number of nitrogen functional groups attached to an aromatic ring is 1. The van der Waals surface area contributed by atoms with Crippen molar-refractivity contribution in [3.05, 3.63) is 41.3 Å². The van der Waals surface area contributed by atoms with Crippen LogP contribution in [0.2, 0.25) is 0 Å². The Labute approximate surface area is 101 Å². The second-order valence-electron chi connectivity index (χ2n) is 3.43. The molecule has 1 amide bonds. The Bertz CT molecular complexity index is 531. The number of carbonyl (C=O) groups excluding carboxylic acids is 1. The van der Waals surface area contributed by atoms with Crippen molar-refractivity contribution in [1.82, 2.24) is 4.98 Å². The molecule has 6 heteroatoms. The lowest BCUT2D eigenvalue weighted by atomic mass is 10.2. The largest absolute Gasteiger partial charge is 0.389 e. The third-order valence-corrected chi connectivity index (χ3v) is 3.06. The fourth-order valence-electron chi connectivity index (χ4n) is 1.23. The first-order valence-corrected chi connectivity index (χ1v) is 5.68. The number of amides is 1. The summed E-state index contributed by atoms with van der Waals surface area (Å²) >= 11 is 1.20. The van der Waals surface area contributed by atoms with Gasteiger partial charge < -0.3 is 5.73 Å². The lowest BCUT2D eigenvalue weighted by molar-refractivity contribution is 0.102. The van der Waals surface area contributed by atoms with Gasteiger partial charge in [-0.05, 0) is 31.2 Å². The second-order valence-corrected chi connectivity index (χ2v) is 4.46. The van der Waals surface area contributed by atoms with Crippen molar-refractivity contribution >= 4 is 27.4 Å². The summed E-state index contributed by atoms with van der Waals surface area (Å²) in [6.45, 7) is 1.76. The molecule has 0 saturated heterocycles. The molecule has 0 aliphatic rings. The molecule has 0 unspecified atom stereocenters. The zero-order chi connectivity index (χ0) is 12.4. The Kier molecular flexibility index (Phi) is 3.06. The number of thiazole rings is 1. The van der Waals surface area contributed by atoms with Crippen LogP contribution in [-0.2, 0) is 0 Å². The van der Waals surface area contributed by atoms with E-state index < -0.39 is 0 Å². The molecule has 0 aliphatic carbocycles. The molecule has 1 aromatic carbocycles. The van der Waals surface area contributed by atoms with Gasteiger partial charge in [0.2, 0.25) is 0 Å². The first kappa shape index (κ1) is 11.5. The van der Waals surface area contributed by atoms with E-state index in [-0.39, 0.29) is 11.7 Å². The summed E-state index contributed by atoms with van der Waals surface area (Å²) in [5.41, 5.74) is 6.69. The van der Waals surface area contributed by atoms with Crippen LogP contribution in [0.4, 0.5) is 14.5 Å². The average molecular weight is 251 g/mol. The zero-order valence-electron chi connectivity index (χ0n) is 9.03. The van der Waals surface area contributed by atoms with Crippen LogP contribution in [0, 0.1) is 12.7 Å². The summed E-state index contributed by atoms with van der Waals surface area (Å²) in [6, 6.07) is 5.29. The van der Waals surface area contributed by atoms with Gasteiger partial charge in [0.1, 0.15) is 10.8 Å². The highest BCUT2D eigenvalue weighted by Gasteiger charge is 2.10. The molecule has 0 saturated carbocycles. The lowest BCUT2D eigenvalue weighted by Gasteiger charge is -2.00. The quantitative estimate of drug-likeness (QED) is 0.861. The number of hydrogen-bond donors (Lipinski definition) is 2. The summed E-state index contributed by atoms with van der Waals surface area (Å²) in [7, 11) is 0. The number of halogens is 1. The first-order valence-electron chi connectivity index (χ1n) is 4.86. The molecule has 0 fully saturated rings. The van der Waals surface area contributed by atoms with Crippen molar-refractivity contribution in [2.45, 2.75) is 6.92 Å². The van der Waals surface area contributed by atoms with Crippen LogP contribution in [0.25, 0.3) is 0 Å². The minimum atomic E-state index is -0.379. The zero-order valence-corrected chi connectivity index (χ0v) is 9.84. The number of nitrogens with zero attached hydrogens (tertiary/aromatic N) is 1. The summed E-state index contributed by atoms with van der Waals surface area (Å²) in [5, 5.41) is 3.61. The molecule has 4 nitrogen and oxygen atoms in total. The number of anilines is 2. The van der Waals surface area contributed by atoms with Crippen molar-refractivity contribution < 1.29 is 9.18 Å². The molecule has 3 N–H and O–H groups in total. The first-order chi connectivity index (χ1) is 8.06. The maximum absolute atomic E-state index is 12.7. The Balaban J connectivity index is 2.14. The number of nitrogens with two attached hydrogens (primary N) is 1. The summed E-state index contributed by atoms with van der Waals surface area (Å²) in [6.07, 6.45) is 0.